The molecule has 140 valence electrons. The Bertz CT molecular complexity index is 1150. The van der Waals surface area contributed by atoms with E-state index in [2.05, 4.69) is 15.9 Å². The Kier molecular flexibility index (Phi) is 5.36. The molecular formula is C19H15BrF2N2O3. The number of rotatable bonds is 5. The maximum atomic E-state index is 13.7. The lowest BCUT2D eigenvalue weighted by atomic mass is 10.2. The summed E-state index contributed by atoms with van der Waals surface area (Å²) in [6.07, 6.45) is 0.0322. The van der Waals surface area contributed by atoms with Gasteiger partial charge in [-0.3, -0.25) is 18.7 Å². The molecule has 27 heavy (non-hydrogen) atoms. The average molecular weight is 437 g/mol. The lowest BCUT2D eigenvalue weighted by Crippen LogP contribution is -2.40. The largest absolute Gasteiger partial charge is 0.331 e. The molecular weight excluding hydrogens is 422 g/mol. The fourth-order valence-electron chi connectivity index (χ4n) is 2.81. The molecule has 0 spiro atoms. The monoisotopic (exact) mass is 436 g/mol. The van der Waals surface area contributed by atoms with E-state index in [0.717, 1.165) is 25.7 Å². The van der Waals surface area contributed by atoms with Crippen molar-refractivity contribution in [3.8, 4) is 0 Å². The van der Waals surface area contributed by atoms with Crippen molar-refractivity contribution in [1.82, 2.24) is 9.13 Å². The Morgan fingerprint density at radius 1 is 1.04 bits per heavy atom. The summed E-state index contributed by atoms with van der Waals surface area (Å²) in [5, 5.41) is -0.117. The highest BCUT2D eigenvalue weighted by Crippen LogP contribution is 2.16. The highest BCUT2D eigenvalue weighted by atomic mass is 79.9. The van der Waals surface area contributed by atoms with Crippen molar-refractivity contribution in [2.75, 3.05) is 0 Å². The number of hydrogen-bond acceptors (Lipinski definition) is 3. The minimum atomic E-state index is -1.17. The predicted octanol–water partition coefficient (Wildman–Crippen LogP) is 3.23. The first-order valence-electron chi connectivity index (χ1n) is 8.14. The van der Waals surface area contributed by atoms with Crippen LogP contribution in [0, 0.1) is 11.6 Å². The molecule has 0 unspecified atom stereocenters. The molecule has 3 rings (SSSR count). The molecule has 0 atom stereocenters. The average Bonchev–Trinajstić information content (AvgIpc) is 2.62. The molecule has 0 aliphatic carbocycles. The minimum absolute atomic E-state index is 0.0278. The number of aryl methyl sites for hydroxylation is 1. The number of hydrogen-bond donors (Lipinski definition) is 0. The molecule has 2 aromatic carbocycles. The number of Topliss-reactive ketones (excluding diaryl/α,β-unsaturated/α-hetero) is 1. The van der Waals surface area contributed by atoms with Crippen molar-refractivity contribution < 1.29 is 13.6 Å². The van der Waals surface area contributed by atoms with Crippen LogP contribution in [0.1, 0.15) is 18.9 Å². The van der Waals surface area contributed by atoms with E-state index < -0.39 is 22.9 Å². The van der Waals surface area contributed by atoms with Gasteiger partial charge in [0.2, 0.25) is 0 Å². The first-order valence-corrected chi connectivity index (χ1v) is 8.93. The topological polar surface area (TPSA) is 61.1 Å². The fourth-order valence-corrected chi connectivity index (χ4v) is 3.07. The van der Waals surface area contributed by atoms with E-state index >= 15 is 0 Å². The SMILES string of the molecule is CC(=O)CCn1c(=O)n(Cc2ccc(Br)cc2)c(=O)c2cc(F)c(F)cc21. The highest BCUT2D eigenvalue weighted by molar-refractivity contribution is 9.10. The van der Waals surface area contributed by atoms with Crippen LogP contribution in [-0.2, 0) is 17.9 Å². The maximum Gasteiger partial charge on any atom is 0.331 e. The number of nitrogens with zero attached hydrogens (tertiary/aromatic N) is 2. The number of benzene rings is 2. The van der Waals surface area contributed by atoms with Crippen LogP contribution in [0.25, 0.3) is 10.9 Å². The lowest BCUT2D eigenvalue weighted by Gasteiger charge is -2.14. The molecule has 0 saturated carbocycles. The van der Waals surface area contributed by atoms with Gasteiger partial charge >= 0.3 is 5.69 Å². The molecule has 0 fully saturated rings. The van der Waals surface area contributed by atoms with Crippen LogP contribution >= 0.6 is 15.9 Å². The van der Waals surface area contributed by atoms with E-state index in [0.29, 0.717) is 5.56 Å². The Hall–Kier alpha value is -2.61. The van der Waals surface area contributed by atoms with Crippen molar-refractivity contribution in [3.63, 3.8) is 0 Å². The molecule has 0 bridgehead atoms. The van der Waals surface area contributed by atoms with E-state index in [4.69, 9.17) is 0 Å². The van der Waals surface area contributed by atoms with E-state index in [1.807, 2.05) is 0 Å². The molecule has 8 heteroatoms. The summed E-state index contributed by atoms with van der Waals surface area (Å²) in [5.41, 5.74) is -0.728. The molecule has 0 saturated heterocycles. The van der Waals surface area contributed by atoms with Gasteiger partial charge in [0.15, 0.2) is 11.6 Å². The van der Waals surface area contributed by atoms with Gasteiger partial charge in [0.1, 0.15) is 5.78 Å². The first kappa shape index (κ1) is 19.2. The normalized spacial score (nSPS) is 11.1. The van der Waals surface area contributed by atoms with Crippen LogP contribution in [0.4, 0.5) is 8.78 Å². The number of aromatic nitrogens is 2. The second-order valence-corrected chi connectivity index (χ2v) is 7.10. The van der Waals surface area contributed by atoms with Gasteiger partial charge in [-0.15, -0.1) is 0 Å². The van der Waals surface area contributed by atoms with Crippen molar-refractivity contribution in [1.29, 1.82) is 0 Å². The highest BCUT2D eigenvalue weighted by Gasteiger charge is 2.17. The number of fused-ring (bicyclic) bond motifs is 1. The van der Waals surface area contributed by atoms with E-state index in [-0.39, 0.29) is 36.2 Å². The number of ketones is 1. The van der Waals surface area contributed by atoms with E-state index in [1.165, 1.54) is 6.92 Å². The number of carbonyl (C=O) groups is 1. The molecule has 0 N–H and O–H groups in total. The van der Waals surface area contributed by atoms with Crippen LogP contribution in [0.15, 0.2) is 50.5 Å². The first-order chi connectivity index (χ1) is 12.8. The third-order valence-corrected chi connectivity index (χ3v) is 4.74. The molecule has 5 nitrogen and oxygen atoms in total. The zero-order valence-corrected chi connectivity index (χ0v) is 15.9. The van der Waals surface area contributed by atoms with Crippen LogP contribution in [0.2, 0.25) is 0 Å². The molecule has 3 aromatic rings. The van der Waals surface area contributed by atoms with Crippen molar-refractivity contribution >= 4 is 32.6 Å². The number of halogens is 3. The van der Waals surface area contributed by atoms with Crippen LogP contribution in [0.3, 0.4) is 0 Å². The molecule has 0 radical (unpaired) electrons. The van der Waals surface area contributed by atoms with Gasteiger partial charge in [-0.05, 0) is 30.7 Å². The van der Waals surface area contributed by atoms with Gasteiger partial charge in [-0.25, -0.2) is 13.6 Å². The van der Waals surface area contributed by atoms with Crippen molar-refractivity contribution in [3.05, 3.63) is 78.9 Å². The quantitative estimate of drug-likeness (QED) is 0.616. The van der Waals surface area contributed by atoms with Crippen LogP contribution in [0.5, 0.6) is 0 Å². The lowest BCUT2D eigenvalue weighted by molar-refractivity contribution is -0.117. The maximum absolute atomic E-state index is 13.7. The third-order valence-electron chi connectivity index (χ3n) is 4.21. The Morgan fingerprint density at radius 3 is 2.30 bits per heavy atom. The molecule has 0 aliphatic heterocycles. The van der Waals surface area contributed by atoms with Gasteiger partial charge in [-0.2, -0.15) is 0 Å². The Balaban J connectivity index is 2.25. The van der Waals surface area contributed by atoms with Gasteiger partial charge in [0.25, 0.3) is 5.56 Å². The van der Waals surface area contributed by atoms with Crippen LogP contribution < -0.4 is 11.2 Å². The second-order valence-electron chi connectivity index (χ2n) is 6.19. The minimum Gasteiger partial charge on any atom is -0.300 e. The van der Waals surface area contributed by atoms with E-state index in [1.54, 1.807) is 24.3 Å². The summed E-state index contributed by atoms with van der Waals surface area (Å²) in [5.74, 6) is -2.50. The van der Waals surface area contributed by atoms with Gasteiger partial charge < -0.3 is 0 Å². The van der Waals surface area contributed by atoms with Crippen LogP contribution in [-0.4, -0.2) is 14.9 Å². The molecule has 1 aromatic heterocycles. The third kappa shape index (κ3) is 3.90. The molecule has 1 heterocycles. The van der Waals surface area contributed by atoms with Crippen molar-refractivity contribution in [2.24, 2.45) is 0 Å². The zero-order chi connectivity index (χ0) is 19.7. The zero-order valence-electron chi connectivity index (χ0n) is 14.3. The summed E-state index contributed by atoms with van der Waals surface area (Å²) >= 11 is 3.31. The summed E-state index contributed by atoms with van der Waals surface area (Å²) in [6, 6.07) is 8.62. The summed E-state index contributed by atoms with van der Waals surface area (Å²) < 4.78 is 30.4. The summed E-state index contributed by atoms with van der Waals surface area (Å²) in [7, 11) is 0. The standard InChI is InChI=1S/C19H15BrF2N2O3/c1-11(25)6-7-23-17-9-16(22)15(21)8-14(17)18(26)24(19(23)27)10-12-2-4-13(20)5-3-12/h2-5,8-9H,6-7,10H2,1H3. The van der Waals surface area contributed by atoms with Crippen molar-refractivity contribution in [2.45, 2.75) is 26.4 Å². The predicted molar refractivity (Wildman–Crippen MR) is 101 cm³/mol. The number of carbonyl (C=O) groups excluding carboxylic acids is 1. The second kappa shape index (κ2) is 7.56. The van der Waals surface area contributed by atoms with E-state index in [9.17, 15) is 23.2 Å². The van der Waals surface area contributed by atoms with Gasteiger partial charge in [-0.1, -0.05) is 28.1 Å². The Labute approximate surface area is 161 Å². The van der Waals surface area contributed by atoms with Gasteiger partial charge in [0, 0.05) is 23.5 Å². The summed E-state index contributed by atoms with van der Waals surface area (Å²) in [4.78, 5) is 37.0. The fraction of sp³-hybridized carbons (Fsp3) is 0.211. The van der Waals surface area contributed by atoms with Gasteiger partial charge in [0.05, 0.1) is 17.4 Å². The molecule has 0 amide bonds. The smallest absolute Gasteiger partial charge is 0.300 e. The summed E-state index contributed by atoms with van der Waals surface area (Å²) in [6.45, 7) is 1.31. The molecule has 0 aliphatic rings. The Morgan fingerprint density at radius 2 is 1.67 bits per heavy atom.